The molecule has 1 aromatic carbocycles. The summed E-state index contributed by atoms with van der Waals surface area (Å²) in [4.78, 5) is 0. The Kier molecular flexibility index (Phi) is 7.08. The van der Waals surface area contributed by atoms with Crippen LogP contribution in [0.3, 0.4) is 0 Å². The summed E-state index contributed by atoms with van der Waals surface area (Å²) in [6.07, 6.45) is 9.59. The highest BCUT2D eigenvalue weighted by molar-refractivity contribution is 6.32. The van der Waals surface area contributed by atoms with Crippen molar-refractivity contribution in [2.75, 3.05) is 0 Å². The van der Waals surface area contributed by atoms with Crippen molar-refractivity contribution < 1.29 is 0 Å². The Hall–Kier alpha value is -0.715. The molecule has 0 heterocycles. The van der Waals surface area contributed by atoms with Crippen LogP contribution in [0.4, 0.5) is 0 Å². The Balaban J connectivity index is 2.16. The third-order valence-corrected chi connectivity index (χ3v) is 3.50. The quantitative estimate of drug-likeness (QED) is 0.458. The Morgan fingerprint density at radius 2 is 1.53 bits per heavy atom. The van der Waals surface area contributed by atoms with Crippen LogP contribution in [0.5, 0.6) is 0 Å². The molecule has 0 saturated carbocycles. The molecule has 0 N–H and O–H groups in total. The molecule has 1 aromatic rings. The summed E-state index contributed by atoms with van der Waals surface area (Å²) in [7, 11) is 5.69. The van der Waals surface area contributed by atoms with Crippen molar-refractivity contribution in [3.63, 3.8) is 0 Å². The molecule has 0 fully saturated rings. The molecule has 0 aliphatic rings. The van der Waals surface area contributed by atoms with Gasteiger partial charge in [0.2, 0.25) is 0 Å². The Bertz CT molecular complexity index is 289. The molecule has 17 heavy (non-hydrogen) atoms. The zero-order chi connectivity index (χ0) is 12.5. The molecule has 0 spiro atoms. The highest BCUT2D eigenvalue weighted by atomic mass is 14.1. The van der Waals surface area contributed by atoms with Crippen LogP contribution < -0.4 is 5.46 Å². The van der Waals surface area contributed by atoms with E-state index in [1.54, 1.807) is 0 Å². The van der Waals surface area contributed by atoms with Crippen LogP contribution in [0.25, 0.3) is 0 Å². The first-order chi connectivity index (χ1) is 8.24. The minimum absolute atomic E-state index is 0.668. The molecule has 0 saturated heterocycles. The second-order valence-electron chi connectivity index (χ2n) is 5.12. The van der Waals surface area contributed by atoms with Gasteiger partial charge < -0.3 is 0 Å². The predicted molar refractivity (Wildman–Crippen MR) is 78.2 cm³/mol. The number of unbranched alkanes of at least 4 members (excludes halogenated alkanes) is 5. The molecule has 0 aliphatic heterocycles. The summed E-state index contributed by atoms with van der Waals surface area (Å²) in [5.41, 5.74) is 2.29. The van der Waals surface area contributed by atoms with Crippen LogP contribution in [0.2, 0.25) is 0 Å². The van der Waals surface area contributed by atoms with E-state index in [1.165, 1.54) is 50.5 Å². The molecule has 1 heteroatoms. The zero-order valence-electron chi connectivity index (χ0n) is 11.4. The Morgan fingerprint density at radius 3 is 2.18 bits per heavy atom. The maximum absolute atomic E-state index is 5.69. The summed E-state index contributed by atoms with van der Waals surface area (Å²) in [5.74, 6) is 0.668. The molecule has 0 nitrogen and oxygen atoms in total. The van der Waals surface area contributed by atoms with Crippen LogP contribution in [0.1, 0.15) is 70.3 Å². The highest BCUT2D eigenvalue weighted by Gasteiger charge is 2.04. The van der Waals surface area contributed by atoms with Gasteiger partial charge in [0.1, 0.15) is 7.85 Å². The van der Waals surface area contributed by atoms with Crippen molar-refractivity contribution in [1.29, 1.82) is 0 Å². The third-order valence-electron chi connectivity index (χ3n) is 3.50. The van der Waals surface area contributed by atoms with Crippen LogP contribution in [-0.4, -0.2) is 7.85 Å². The zero-order valence-corrected chi connectivity index (χ0v) is 11.4. The average molecular weight is 228 g/mol. The fourth-order valence-corrected chi connectivity index (χ4v) is 2.22. The third kappa shape index (κ3) is 5.95. The lowest BCUT2D eigenvalue weighted by atomic mass is 9.90. The fraction of sp³-hybridized carbons (Fsp3) is 0.625. The van der Waals surface area contributed by atoms with Crippen molar-refractivity contribution in [2.45, 2.75) is 64.7 Å². The number of hydrogen-bond acceptors (Lipinski definition) is 0. The molecule has 0 amide bonds. The lowest BCUT2D eigenvalue weighted by molar-refractivity contribution is 0.557. The molecule has 2 radical (unpaired) electrons. The van der Waals surface area contributed by atoms with Gasteiger partial charge in [-0.25, -0.2) is 0 Å². The first-order valence-corrected chi connectivity index (χ1v) is 7.09. The van der Waals surface area contributed by atoms with Crippen molar-refractivity contribution in [3.05, 3.63) is 29.8 Å². The van der Waals surface area contributed by atoms with Gasteiger partial charge in [0.05, 0.1) is 0 Å². The van der Waals surface area contributed by atoms with Gasteiger partial charge in [-0.3, -0.25) is 0 Å². The highest BCUT2D eigenvalue weighted by Crippen LogP contribution is 2.21. The molecular formula is C16H25B. The van der Waals surface area contributed by atoms with E-state index in [9.17, 15) is 0 Å². The van der Waals surface area contributed by atoms with E-state index in [0.717, 1.165) is 5.46 Å². The normalized spacial score (nSPS) is 12.6. The van der Waals surface area contributed by atoms with Gasteiger partial charge in [0.25, 0.3) is 0 Å². The van der Waals surface area contributed by atoms with Gasteiger partial charge >= 0.3 is 0 Å². The molecule has 0 aliphatic carbocycles. The summed E-state index contributed by atoms with van der Waals surface area (Å²) < 4.78 is 0. The van der Waals surface area contributed by atoms with Crippen LogP contribution in [0, 0.1) is 0 Å². The van der Waals surface area contributed by atoms with Gasteiger partial charge in [-0.2, -0.15) is 0 Å². The van der Waals surface area contributed by atoms with E-state index in [1.807, 2.05) is 12.1 Å². The monoisotopic (exact) mass is 228 g/mol. The molecule has 92 valence electrons. The minimum atomic E-state index is 0.668. The largest absolute Gasteiger partial charge is 0.113 e. The van der Waals surface area contributed by atoms with Crippen LogP contribution >= 0.6 is 0 Å². The summed E-state index contributed by atoms with van der Waals surface area (Å²) in [5, 5.41) is 0. The second kappa shape index (κ2) is 8.39. The SMILES string of the molecule is [B]c1ccc(C(C)CCCCCCCC)cc1. The standard InChI is InChI=1S/C16H25B/c1-3-4-5-6-7-8-9-14(2)15-10-12-16(17)13-11-15/h10-14H,3-9H2,1-2H3. The first kappa shape index (κ1) is 14.3. The van der Waals surface area contributed by atoms with E-state index in [4.69, 9.17) is 7.85 Å². The van der Waals surface area contributed by atoms with Gasteiger partial charge in [-0.15, -0.1) is 0 Å². The lowest BCUT2D eigenvalue weighted by Gasteiger charge is -2.12. The molecule has 0 bridgehead atoms. The van der Waals surface area contributed by atoms with Gasteiger partial charge in [-0.05, 0) is 17.9 Å². The lowest BCUT2D eigenvalue weighted by Crippen LogP contribution is -2.02. The molecule has 1 atom stereocenters. The van der Waals surface area contributed by atoms with E-state index in [2.05, 4.69) is 26.0 Å². The van der Waals surface area contributed by atoms with Crippen LogP contribution in [-0.2, 0) is 0 Å². The van der Waals surface area contributed by atoms with Gasteiger partial charge in [0.15, 0.2) is 0 Å². The van der Waals surface area contributed by atoms with Crippen molar-refractivity contribution in [3.8, 4) is 0 Å². The smallest absolute Gasteiger partial charge is 0.0967 e. The van der Waals surface area contributed by atoms with E-state index < -0.39 is 0 Å². The maximum Gasteiger partial charge on any atom is 0.113 e. The van der Waals surface area contributed by atoms with Crippen molar-refractivity contribution >= 4 is 13.3 Å². The topological polar surface area (TPSA) is 0 Å². The molecule has 0 aromatic heterocycles. The summed E-state index contributed by atoms with van der Waals surface area (Å²) in [6.45, 7) is 4.58. The minimum Gasteiger partial charge on any atom is -0.0967 e. The number of hydrogen-bond donors (Lipinski definition) is 0. The average Bonchev–Trinajstić information content (AvgIpc) is 2.34. The maximum atomic E-state index is 5.69. The van der Waals surface area contributed by atoms with E-state index >= 15 is 0 Å². The summed E-state index contributed by atoms with van der Waals surface area (Å²) in [6, 6.07) is 8.34. The second-order valence-corrected chi connectivity index (χ2v) is 5.12. The van der Waals surface area contributed by atoms with Crippen molar-refractivity contribution in [1.82, 2.24) is 0 Å². The number of benzene rings is 1. The Labute approximate surface area is 108 Å². The fourth-order valence-electron chi connectivity index (χ4n) is 2.22. The molecular weight excluding hydrogens is 203 g/mol. The van der Waals surface area contributed by atoms with E-state index in [0.29, 0.717) is 5.92 Å². The van der Waals surface area contributed by atoms with Crippen molar-refractivity contribution in [2.24, 2.45) is 0 Å². The molecule has 1 unspecified atom stereocenters. The van der Waals surface area contributed by atoms with Gasteiger partial charge in [0, 0.05) is 0 Å². The van der Waals surface area contributed by atoms with Crippen LogP contribution in [0.15, 0.2) is 24.3 Å². The van der Waals surface area contributed by atoms with E-state index in [-0.39, 0.29) is 0 Å². The molecule has 1 rings (SSSR count). The van der Waals surface area contributed by atoms with Gasteiger partial charge in [-0.1, -0.05) is 82.1 Å². The first-order valence-electron chi connectivity index (χ1n) is 7.09. The summed E-state index contributed by atoms with van der Waals surface area (Å²) >= 11 is 0. The Morgan fingerprint density at radius 1 is 0.941 bits per heavy atom. The number of rotatable bonds is 8. The predicted octanol–water partition coefficient (Wildman–Crippen LogP) is 4.33.